The van der Waals surface area contributed by atoms with Crippen molar-refractivity contribution in [3.8, 4) is 32.7 Å². The minimum Gasteiger partial charge on any atom is -0.455 e. The van der Waals surface area contributed by atoms with Crippen LogP contribution >= 0.6 is 11.3 Å². The zero-order valence-electron chi connectivity index (χ0n) is 18.1. The van der Waals surface area contributed by atoms with Crippen molar-refractivity contribution in [3.63, 3.8) is 0 Å². The van der Waals surface area contributed by atoms with Gasteiger partial charge in [0.15, 0.2) is 0 Å². The fourth-order valence-electron chi connectivity index (χ4n) is 4.48. The molecule has 1 nitrogen and oxygen atoms in total. The quantitative estimate of drug-likeness (QED) is 0.273. The lowest BCUT2D eigenvalue weighted by molar-refractivity contribution is 0.670. The first-order chi connectivity index (χ1) is 15.7. The van der Waals surface area contributed by atoms with Gasteiger partial charge < -0.3 is 4.42 Å². The molecule has 0 atom stereocenters. The fourth-order valence-corrected chi connectivity index (χ4v) is 5.53. The highest BCUT2D eigenvalue weighted by molar-refractivity contribution is 7.16. The third-order valence-electron chi connectivity index (χ3n) is 6.14. The normalized spacial score (nSPS) is 11.4. The number of hydrogen-bond donors (Lipinski definition) is 0. The second-order valence-electron chi connectivity index (χ2n) is 8.31. The van der Waals surface area contributed by atoms with Gasteiger partial charge in [-0.15, -0.1) is 11.3 Å². The van der Waals surface area contributed by atoms with Gasteiger partial charge in [0.2, 0.25) is 0 Å². The lowest BCUT2D eigenvalue weighted by Crippen LogP contribution is -1.81. The minimum atomic E-state index is 0.942. The van der Waals surface area contributed by atoms with E-state index in [4.69, 9.17) is 4.42 Å². The zero-order chi connectivity index (χ0) is 21.7. The van der Waals surface area contributed by atoms with E-state index in [1.165, 1.54) is 48.3 Å². The predicted octanol–water partition coefficient (Wildman–Crippen LogP) is 9.27. The summed E-state index contributed by atoms with van der Waals surface area (Å²) in [7, 11) is 0. The van der Waals surface area contributed by atoms with Crippen molar-refractivity contribution in [1.82, 2.24) is 0 Å². The smallest absolute Gasteiger partial charge is 0.143 e. The zero-order valence-corrected chi connectivity index (χ0v) is 18.9. The SMILES string of the molecule is Cc1ccc2oc3c(-c4ccc(-c5cc(-c6ccccc6)sc5C)cc4)cccc3c2c1. The molecule has 2 aromatic heterocycles. The van der Waals surface area contributed by atoms with E-state index in [0.29, 0.717) is 0 Å². The second kappa shape index (κ2) is 7.51. The van der Waals surface area contributed by atoms with E-state index >= 15 is 0 Å². The van der Waals surface area contributed by atoms with Gasteiger partial charge in [-0.1, -0.05) is 84.4 Å². The Labute approximate surface area is 191 Å². The summed E-state index contributed by atoms with van der Waals surface area (Å²) >= 11 is 1.85. The average molecular weight is 431 g/mol. The van der Waals surface area contributed by atoms with Gasteiger partial charge in [0.1, 0.15) is 11.2 Å². The van der Waals surface area contributed by atoms with Crippen LogP contribution in [0.2, 0.25) is 0 Å². The van der Waals surface area contributed by atoms with E-state index in [2.05, 4.69) is 111 Å². The van der Waals surface area contributed by atoms with Crippen LogP contribution < -0.4 is 0 Å². The third kappa shape index (κ3) is 3.16. The van der Waals surface area contributed by atoms with Gasteiger partial charge in [-0.3, -0.25) is 0 Å². The predicted molar refractivity (Wildman–Crippen MR) is 137 cm³/mol. The molecule has 0 aliphatic heterocycles. The first kappa shape index (κ1) is 19.1. The molecule has 0 saturated carbocycles. The molecule has 0 N–H and O–H groups in total. The maximum atomic E-state index is 6.28. The van der Waals surface area contributed by atoms with Gasteiger partial charge in [-0.05, 0) is 54.3 Å². The highest BCUT2D eigenvalue weighted by Gasteiger charge is 2.13. The molecule has 6 aromatic rings. The molecule has 0 saturated heterocycles. The summed E-state index contributed by atoms with van der Waals surface area (Å²) in [5.74, 6) is 0. The van der Waals surface area contributed by atoms with E-state index in [9.17, 15) is 0 Å². The molecule has 0 bridgehead atoms. The molecule has 6 rings (SSSR count). The number of hydrogen-bond acceptors (Lipinski definition) is 2. The summed E-state index contributed by atoms with van der Waals surface area (Å²) in [5, 5.41) is 2.35. The summed E-state index contributed by atoms with van der Waals surface area (Å²) in [5.41, 5.74) is 9.28. The molecule has 4 aromatic carbocycles. The van der Waals surface area contributed by atoms with Gasteiger partial charge in [0.25, 0.3) is 0 Å². The topological polar surface area (TPSA) is 13.1 Å². The van der Waals surface area contributed by atoms with Crippen LogP contribution in [0.4, 0.5) is 0 Å². The monoisotopic (exact) mass is 430 g/mol. The van der Waals surface area contributed by atoms with Crippen LogP contribution in [0.5, 0.6) is 0 Å². The first-order valence-corrected chi connectivity index (χ1v) is 11.7. The van der Waals surface area contributed by atoms with Crippen molar-refractivity contribution in [2.45, 2.75) is 13.8 Å². The summed E-state index contributed by atoms with van der Waals surface area (Å²) in [6.45, 7) is 4.33. The highest BCUT2D eigenvalue weighted by Crippen LogP contribution is 2.39. The van der Waals surface area contributed by atoms with Gasteiger partial charge >= 0.3 is 0 Å². The number of rotatable bonds is 3. The maximum Gasteiger partial charge on any atom is 0.143 e. The number of furan rings is 1. The van der Waals surface area contributed by atoms with Crippen LogP contribution in [0.15, 0.2) is 101 Å². The summed E-state index contributed by atoms with van der Waals surface area (Å²) in [6.07, 6.45) is 0. The Morgan fingerprint density at radius 2 is 1.34 bits per heavy atom. The van der Waals surface area contributed by atoms with Gasteiger partial charge in [0.05, 0.1) is 0 Å². The molecule has 154 valence electrons. The molecular weight excluding hydrogens is 408 g/mol. The Morgan fingerprint density at radius 1 is 0.594 bits per heavy atom. The molecular formula is C30H22OS. The molecule has 2 heteroatoms. The second-order valence-corrected chi connectivity index (χ2v) is 9.56. The van der Waals surface area contributed by atoms with E-state index in [-0.39, 0.29) is 0 Å². The van der Waals surface area contributed by atoms with E-state index in [0.717, 1.165) is 16.7 Å². The van der Waals surface area contributed by atoms with Gasteiger partial charge in [-0.2, -0.15) is 0 Å². The van der Waals surface area contributed by atoms with Crippen molar-refractivity contribution in [3.05, 3.63) is 108 Å². The molecule has 0 aliphatic rings. The molecule has 0 amide bonds. The lowest BCUT2D eigenvalue weighted by Gasteiger charge is -2.05. The molecule has 0 spiro atoms. The molecule has 0 unspecified atom stereocenters. The average Bonchev–Trinajstić information content (AvgIpc) is 3.40. The first-order valence-electron chi connectivity index (χ1n) is 10.9. The Balaban J connectivity index is 1.41. The van der Waals surface area contributed by atoms with Crippen molar-refractivity contribution >= 4 is 33.3 Å². The van der Waals surface area contributed by atoms with Crippen LogP contribution in [0, 0.1) is 13.8 Å². The van der Waals surface area contributed by atoms with Crippen LogP contribution in [-0.2, 0) is 0 Å². The van der Waals surface area contributed by atoms with Crippen molar-refractivity contribution < 1.29 is 4.42 Å². The summed E-state index contributed by atoms with van der Waals surface area (Å²) in [6, 6.07) is 34.6. The number of thiophene rings is 1. The Bertz CT molecular complexity index is 1570. The minimum absolute atomic E-state index is 0.942. The standard InChI is InChI=1S/C30H22OS/c1-19-11-16-28-27(17-19)25-10-6-9-24(30(25)31-28)21-12-14-22(15-13-21)26-18-29(32-20(26)2)23-7-4-3-5-8-23/h3-18H,1-2H3. The summed E-state index contributed by atoms with van der Waals surface area (Å²) in [4.78, 5) is 2.65. The molecule has 0 radical (unpaired) electrons. The van der Waals surface area contributed by atoms with E-state index < -0.39 is 0 Å². The van der Waals surface area contributed by atoms with Gasteiger partial charge in [-0.25, -0.2) is 0 Å². The number of fused-ring (bicyclic) bond motifs is 3. The molecule has 32 heavy (non-hydrogen) atoms. The number of benzene rings is 4. The lowest BCUT2D eigenvalue weighted by atomic mass is 9.98. The highest BCUT2D eigenvalue weighted by atomic mass is 32.1. The van der Waals surface area contributed by atoms with Crippen molar-refractivity contribution in [1.29, 1.82) is 0 Å². The Morgan fingerprint density at radius 3 is 2.12 bits per heavy atom. The summed E-state index contributed by atoms with van der Waals surface area (Å²) < 4.78 is 6.28. The fraction of sp³-hybridized carbons (Fsp3) is 0.0667. The van der Waals surface area contributed by atoms with Gasteiger partial charge in [0, 0.05) is 26.1 Å². The number of aryl methyl sites for hydroxylation is 2. The Hall–Kier alpha value is -3.62. The van der Waals surface area contributed by atoms with Crippen molar-refractivity contribution in [2.75, 3.05) is 0 Å². The maximum absolute atomic E-state index is 6.28. The van der Waals surface area contributed by atoms with E-state index in [1.807, 2.05) is 11.3 Å². The van der Waals surface area contributed by atoms with Crippen molar-refractivity contribution in [2.24, 2.45) is 0 Å². The Kier molecular flexibility index (Phi) is 4.48. The largest absolute Gasteiger partial charge is 0.455 e. The van der Waals surface area contributed by atoms with Crippen LogP contribution in [0.1, 0.15) is 10.4 Å². The molecule has 2 heterocycles. The molecule has 0 fully saturated rings. The van der Waals surface area contributed by atoms with Crippen LogP contribution in [0.25, 0.3) is 54.6 Å². The third-order valence-corrected chi connectivity index (χ3v) is 7.23. The van der Waals surface area contributed by atoms with Crippen LogP contribution in [0.3, 0.4) is 0 Å². The van der Waals surface area contributed by atoms with E-state index in [1.54, 1.807) is 0 Å². The molecule has 0 aliphatic carbocycles. The van der Waals surface area contributed by atoms with Crippen LogP contribution in [-0.4, -0.2) is 0 Å². The number of para-hydroxylation sites is 1.